The van der Waals surface area contributed by atoms with Crippen LogP contribution in [0.1, 0.15) is 34.9 Å². The van der Waals surface area contributed by atoms with Crippen LogP contribution in [-0.2, 0) is 0 Å². The summed E-state index contributed by atoms with van der Waals surface area (Å²) in [4.78, 5) is 12.5. The highest BCUT2D eigenvalue weighted by Crippen LogP contribution is 2.49. The van der Waals surface area contributed by atoms with E-state index in [0.717, 1.165) is 12.1 Å². The van der Waals surface area contributed by atoms with Crippen molar-refractivity contribution in [3.05, 3.63) is 29.3 Å². The maximum Gasteiger partial charge on any atom is 0.201 e. The maximum atomic E-state index is 12.5. The summed E-state index contributed by atoms with van der Waals surface area (Å²) in [6, 6.07) is 3.54. The van der Waals surface area contributed by atoms with Crippen LogP contribution in [0.15, 0.2) is 18.2 Å². The molecule has 0 radical (unpaired) electrons. The Labute approximate surface area is 153 Å². The molecule has 9 heteroatoms. The van der Waals surface area contributed by atoms with Crippen LogP contribution in [0.2, 0.25) is 0 Å². The van der Waals surface area contributed by atoms with Gasteiger partial charge in [0.25, 0.3) is 0 Å². The molecule has 1 heterocycles. The standard InChI is InChI=1S/C18H18O9/c19-2-1-3-26-14-7-13-15(18(25)17(14)24)9(20)6-12(27-13)8-4-10(21)16(23)11(22)5-8/h4-5,7,12,19,21-25H,1-3,6H2. The molecule has 1 unspecified atom stereocenters. The highest BCUT2D eigenvalue weighted by molar-refractivity contribution is 6.03. The van der Waals surface area contributed by atoms with Crippen molar-refractivity contribution in [1.82, 2.24) is 0 Å². The van der Waals surface area contributed by atoms with E-state index in [-0.39, 0.29) is 42.3 Å². The van der Waals surface area contributed by atoms with E-state index in [0.29, 0.717) is 6.42 Å². The van der Waals surface area contributed by atoms with Crippen molar-refractivity contribution >= 4 is 5.78 Å². The molecule has 0 amide bonds. The fourth-order valence-electron chi connectivity index (χ4n) is 2.79. The number of fused-ring (bicyclic) bond motifs is 1. The lowest BCUT2D eigenvalue weighted by Crippen LogP contribution is -2.20. The van der Waals surface area contributed by atoms with E-state index in [9.17, 15) is 30.3 Å². The van der Waals surface area contributed by atoms with Crippen LogP contribution in [-0.4, -0.2) is 49.6 Å². The predicted octanol–water partition coefficient (Wildman–Crippen LogP) is 1.68. The second-order valence-electron chi connectivity index (χ2n) is 6.01. The average molecular weight is 378 g/mol. The summed E-state index contributed by atoms with van der Waals surface area (Å²) in [6.45, 7) is -0.0536. The number of phenols is 5. The number of rotatable bonds is 5. The first-order chi connectivity index (χ1) is 12.8. The van der Waals surface area contributed by atoms with E-state index >= 15 is 0 Å². The zero-order chi connectivity index (χ0) is 19.7. The Kier molecular flexibility index (Phi) is 4.87. The number of carbonyl (C=O) groups is 1. The molecule has 0 aliphatic carbocycles. The number of Topliss-reactive ketones (excluding diaryl/α,β-unsaturated/α-hetero) is 1. The molecule has 9 nitrogen and oxygen atoms in total. The first-order valence-electron chi connectivity index (χ1n) is 8.10. The molecular weight excluding hydrogens is 360 g/mol. The summed E-state index contributed by atoms with van der Waals surface area (Å²) in [7, 11) is 0. The maximum absolute atomic E-state index is 12.5. The smallest absolute Gasteiger partial charge is 0.201 e. The lowest BCUT2D eigenvalue weighted by Gasteiger charge is -2.27. The van der Waals surface area contributed by atoms with Crippen LogP contribution >= 0.6 is 0 Å². The van der Waals surface area contributed by atoms with Gasteiger partial charge in [-0.15, -0.1) is 0 Å². The Morgan fingerprint density at radius 3 is 2.30 bits per heavy atom. The molecule has 0 saturated carbocycles. The molecule has 0 aromatic heterocycles. The number of carbonyl (C=O) groups excluding carboxylic acids is 1. The summed E-state index contributed by atoms with van der Waals surface area (Å²) in [5, 5.41) is 57.7. The fourth-order valence-corrected chi connectivity index (χ4v) is 2.79. The molecule has 0 fully saturated rings. The van der Waals surface area contributed by atoms with Crippen LogP contribution in [0, 0.1) is 0 Å². The number of aromatic hydroxyl groups is 5. The molecule has 1 aliphatic rings. The molecule has 1 atom stereocenters. The second-order valence-corrected chi connectivity index (χ2v) is 6.01. The van der Waals surface area contributed by atoms with Gasteiger partial charge >= 0.3 is 0 Å². The molecule has 0 saturated heterocycles. The topological polar surface area (TPSA) is 157 Å². The third-order valence-electron chi connectivity index (χ3n) is 4.15. The van der Waals surface area contributed by atoms with Gasteiger partial charge < -0.3 is 40.1 Å². The van der Waals surface area contributed by atoms with Crippen molar-refractivity contribution in [3.8, 4) is 40.2 Å². The van der Waals surface area contributed by atoms with Gasteiger partial charge in [0.15, 0.2) is 34.5 Å². The van der Waals surface area contributed by atoms with Crippen molar-refractivity contribution in [1.29, 1.82) is 0 Å². The average Bonchev–Trinajstić information content (AvgIpc) is 2.62. The number of ether oxygens (including phenoxy) is 2. The summed E-state index contributed by atoms with van der Waals surface area (Å²) in [6.07, 6.45) is -0.836. The Morgan fingerprint density at radius 1 is 1.00 bits per heavy atom. The number of hydrogen-bond donors (Lipinski definition) is 6. The molecule has 2 aromatic rings. The van der Waals surface area contributed by atoms with Crippen LogP contribution < -0.4 is 9.47 Å². The molecule has 3 rings (SSSR count). The van der Waals surface area contributed by atoms with E-state index in [1.54, 1.807) is 0 Å². The molecule has 6 N–H and O–H groups in total. The lowest BCUT2D eigenvalue weighted by molar-refractivity contribution is 0.0841. The van der Waals surface area contributed by atoms with Crippen LogP contribution in [0.5, 0.6) is 40.2 Å². The van der Waals surface area contributed by atoms with E-state index in [2.05, 4.69) is 0 Å². The van der Waals surface area contributed by atoms with E-state index in [1.807, 2.05) is 0 Å². The number of aliphatic hydroxyl groups is 1. The van der Waals surface area contributed by atoms with Crippen LogP contribution in [0.3, 0.4) is 0 Å². The minimum Gasteiger partial charge on any atom is -0.504 e. The third-order valence-corrected chi connectivity index (χ3v) is 4.15. The van der Waals surface area contributed by atoms with Gasteiger partial charge in [-0.2, -0.15) is 0 Å². The Balaban J connectivity index is 1.97. The van der Waals surface area contributed by atoms with Gasteiger partial charge in [0.2, 0.25) is 5.75 Å². The van der Waals surface area contributed by atoms with Crippen molar-refractivity contribution < 1.29 is 44.9 Å². The predicted molar refractivity (Wildman–Crippen MR) is 90.7 cm³/mol. The van der Waals surface area contributed by atoms with Crippen LogP contribution in [0.4, 0.5) is 0 Å². The molecule has 0 bridgehead atoms. The molecule has 0 spiro atoms. The normalized spacial score (nSPS) is 15.9. The minimum absolute atomic E-state index is 0.0439. The number of hydrogen-bond acceptors (Lipinski definition) is 9. The monoisotopic (exact) mass is 378 g/mol. The third kappa shape index (κ3) is 3.36. The number of benzene rings is 2. The Morgan fingerprint density at radius 2 is 1.67 bits per heavy atom. The lowest BCUT2D eigenvalue weighted by atomic mass is 9.94. The summed E-state index contributed by atoms with van der Waals surface area (Å²) in [5.74, 6) is -3.82. The van der Waals surface area contributed by atoms with E-state index in [1.165, 1.54) is 6.07 Å². The van der Waals surface area contributed by atoms with Crippen molar-refractivity contribution in [2.24, 2.45) is 0 Å². The van der Waals surface area contributed by atoms with Gasteiger partial charge in [0, 0.05) is 24.7 Å². The molecule has 2 aromatic carbocycles. The number of phenolic OH excluding ortho intramolecular Hbond substituents is 5. The zero-order valence-corrected chi connectivity index (χ0v) is 14.0. The highest BCUT2D eigenvalue weighted by atomic mass is 16.5. The second kappa shape index (κ2) is 7.12. The van der Waals surface area contributed by atoms with Gasteiger partial charge in [-0.1, -0.05) is 0 Å². The minimum atomic E-state index is -0.906. The van der Waals surface area contributed by atoms with Gasteiger partial charge in [0.05, 0.1) is 13.0 Å². The fraction of sp³-hybridized carbons (Fsp3) is 0.278. The first-order valence-corrected chi connectivity index (χ1v) is 8.10. The van der Waals surface area contributed by atoms with E-state index in [4.69, 9.17) is 14.6 Å². The molecule has 144 valence electrons. The first kappa shape index (κ1) is 18.5. The van der Waals surface area contributed by atoms with Gasteiger partial charge in [-0.05, 0) is 12.1 Å². The van der Waals surface area contributed by atoms with E-state index < -0.39 is 40.6 Å². The summed E-state index contributed by atoms with van der Waals surface area (Å²) in [5.41, 5.74) is 0.0302. The molecule has 1 aliphatic heterocycles. The summed E-state index contributed by atoms with van der Waals surface area (Å²) >= 11 is 0. The quantitative estimate of drug-likeness (QED) is 0.336. The summed E-state index contributed by atoms with van der Waals surface area (Å²) < 4.78 is 11.0. The Bertz CT molecular complexity index is 868. The van der Waals surface area contributed by atoms with Crippen molar-refractivity contribution in [2.45, 2.75) is 18.9 Å². The van der Waals surface area contributed by atoms with Crippen LogP contribution in [0.25, 0.3) is 0 Å². The largest absolute Gasteiger partial charge is 0.504 e. The van der Waals surface area contributed by atoms with Gasteiger partial charge in [0.1, 0.15) is 17.4 Å². The SMILES string of the molecule is O=C1CC(c2cc(O)c(O)c(O)c2)Oc2cc(OCCCO)c(O)c(O)c21. The highest BCUT2D eigenvalue weighted by Gasteiger charge is 2.34. The Hall–Kier alpha value is -3.33. The number of ketones is 1. The van der Waals surface area contributed by atoms with Crippen molar-refractivity contribution in [2.75, 3.05) is 13.2 Å². The molecule has 27 heavy (non-hydrogen) atoms. The van der Waals surface area contributed by atoms with Crippen molar-refractivity contribution in [3.63, 3.8) is 0 Å². The van der Waals surface area contributed by atoms with Gasteiger partial charge in [-0.25, -0.2) is 0 Å². The molecular formula is C18H18O9. The number of aliphatic hydroxyl groups excluding tert-OH is 1. The van der Waals surface area contributed by atoms with Gasteiger partial charge in [-0.3, -0.25) is 4.79 Å². The zero-order valence-electron chi connectivity index (χ0n) is 14.0.